The standard InChI is InChI=1S/C28H28ClN5O5S2/c29-20-9-7-18(8-10-20)17-41(38,39)33-23-6-3-12-34(28(23)37)16-25(35)32-24(26(36)27-30-11-13-40-27)14-19-15-31-22-5-2-1-4-21(19)22/h1-2,4-5,7-11,13,15,23-24,31,33H,3,6,12,14,16-17H2,(H,32,35)/t23-,24-/m0/s1. The van der Waals surface area contributed by atoms with Crippen LogP contribution in [-0.4, -0.2) is 66.1 Å². The topological polar surface area (TPSA) is 141 Å². The van der Waals surface area contributed by atoms with E-state index < -0.39 is 33.9 Å². The number of Topliss-reactive ketones (excluding diaryl/α,β-unsaturated/α-hetero) is 1. The van der Waals surface area contributed by atoms with Gasteiger partial charge in [0.05, 0.1) is 18.3 Å². The number of nitrogens with zero attached hydrogens (tertiary/aromatic N) is 2. The summed E-state index contributed by atoms with van der Waals surface area (Å²) < 4.78 is 28.0. The zero-order valence-corrected chi connectivity index (χ0v) is 24.3. The molecule has 13 heteroatoms. The molecule has 2 atom stereocenters. The molecular formula is C28H28ClN5O5S2. The lowest BCUT2D eigenvalue weighted by atomic mass is 10.0. The van der Waals surface area contributed by atoms with Crippen molar-refractivity contribution in [2.75, 3.05) is 13.1 Å². The molecule has 10 nitrogen and oxygen atoms in total. The lowest BCUT2D eigenvalue weighted by molar-refractivity contribution is -0.139. The van der Waals surface area contributed by atoms with Gasteiger partial charge in [-0.2, -0.15) is 0 Å². The number of sulfonamides is 1. The summed E-state index contributed by atoms with van der Waals surface area (Å²) in [5.74, 6) is -1.62. The Balaban J connectivity index is 1.25. The van der Waals surface area contributed by atoms with Gasteiger partial charge in [0.15, 0.2) is 5.01 Å². The molecule has 2 aromatic carbocycles. The van der Waals surface area contributed by atoms with E-state index in [4.69, 9.17) is 11.6 Å². The number of para-hydroxylation sites is 1. The van der Waals surface area contributed by atoms with Gasteiger partial charge >= 0.3 is 0 Å². The summed E-state index contributed by atoms with van der Waals surface area (Å²) >= 11 is 7.07. The molecule has 214 valence electrons. The fourth-order valence-electron chi connectivity index (χ4n) is 4.90. The summed E-state index contributed by atoms with van der Waals surface area (Å²) in [5.41, 5.74) is 2.31. The lowest BCUT2D eigenvalue weighted by Crippen LogP contribution is -2.55. The number of piperidine rings is 1. The molecule has 0 bridgehead atoms. The van der Waals surface area contributed by atoms with Crippen LogP contribution in [0.15, 0.2) is 66.3 Å². The van der Waals surface area contributed by atoms with Crippen LogP contribution in [0.5, 0.6) is 0 Å². The van der Waals surface area contributed by atoms with Crippen LogP contribution in [0, 0.1) is 0 Å². The molecule has 3 N–H and O–H groups in total. The van der Waals surface area contributed by atoms with Gasteiger partial charge in [-0.1, -0.05) is 41.9 Å². The Kier molecular flexibility index (Phi) is 8.83. The molecule has 1 saturated heterocycles. The maximum absolute atomic E-state index is 13.3. The number of thiazole rings is 1. The number of halogens is 1. The van der Waals surface area contributed by atoms with Crippen molar-refractivity contribution in [3.8, 4) is 0 Å². The molecular weight excluding hydrogens is 586 g/mol. The highest BCUT2D eigenvalue weighted by atomic mass is 35.5. The number of carbonyl (C=O) groups excluding carboxylic acids is 3. The van der Waals surface area contributed by atoms with Crippen LogP contribution in [0.3, 0.4) is 0 Å². The lowest BCUT2D eigenvalue weighted by Gasteiger charge is -2.32. The SMILES string of the molecule is O=C(CN1CCC[C@H](NS(=O)(=O)Cc2ccc(Cl)cc2)C1=O)N[C@@H](Cc1c[nH]c2ccccc12)C(=O)c1nccs1. The fraction of sp³-hybridized carbons (Fsp3) is 0.286. The molecule has 3 heterocycles. The van der Waals surface area contributed by atoms with E-state index in [1.165, 1.54) is 22.4 Å². The van der Waals surface area contributed by atoms with Crippen molar-refractivity contribution < 1.29 is 22.8 Å². The Labute approximate surface area is 246 Å². The van der Waals surface area contributed by atoms with Gasteiger partial charge in [0.1, 0.15) is 6.04 Å². The zero-order valence-electron chi connectivity index (χ0n) is 21.9. The van der Waals surface area contributed by atoms with Crippen molar-refractivity contribution in [3.05, 3.63) is 87.5 Å². The summed E-state index contributed by atoms with van der Waals surface area (Å²) in [5, 5.41) is 6.20. The largest absolute Gasteiger partial charge is 0.361 e. The molecule has 1 fully saturated rings. The Morgan fingerprint density at radius 1 is 1.17 bits per heavy atom. The first kappa shape index (κ1) is 28.9. The number of aromatic amines is 1. The maximum Gasteiger partial charge on any atom is 0.241 e. The van der Waals surface area contributed by atoms with Gasteiger partial charge in [-0.05, 0) is 42.2 Å². The smallest absolute Gasteiger partial charge is 0.241 e. The molecule has 0 radical (unpaired) electrons. The quantitative estimate of drug-likeness (QED) is 0.222. The first-order valence-corrected chi connectivity index (χ1v) is 15.9. The van der Waals surface area contributed by atoms with Crippen molar-refractivity contribution in [2.45, 2.75) is 37.1 Å². The summed E-state index contributed by atoms with van der Waals surface area (Å²) in [4.78, 5) is 48.2. The van der Waals surface area contributed by atoms with E-state index >= 15 is 0 Å². The van der Waals surface area contributed by atoms with Gasteiger partial charge in [0.2, 0.25) is 27.6 Å². The number of hydrogen-bond donors (Lipinski definition) is 3. The van der Waals surface area contributed by atoms with Crippen molar-refractivity contribution in [1.29, 1.82) is 0 Å². The average Bonchev–Trinajstić information content (AvgIpc) is 3.62. The third kappa shape index (κ3) is 7.20. The Bertz CT molecular complexity index is 1650. The van der Waals surface area contributed by atoms with Crippen LogP contribution in [0.4, 0.5) is 0 Å². The van der Waals surface area contributed by atoms with E-state index in [-0.39, 0.29) is 29.5 Å². The monoisotopic (exact) mass is 613 g/mol. The van der Waals surface area contributed by atoms with Gasteiger partial charge in [-0.15, -0.1) is 11.3 Å². The fourth-order valence-corrected chi connectivity index (χ4v) is 7.03. The molecule has 2 aromatic heterocycles. The van der Waals surface area contributed by atoms with E-state index in [1.807, 2.05) is 30.5 Å². The second kappa shape index (κ2) is 12.5. The molecule has 5 rings (SSSR count). The minimum atomic E-state index is -3.83. The Morgan fingerprint density at radius 3 is 2.71 bits per heavy atom. The number of H-pyrrole nitrogens is 1. The number of likely N-dealkylation sites (tertiary alicyclic amines) is 1. The first-order valence-electron chi connectivity index (χ1n) is 13.0. The van der Waals surface area contributed by atoms with Gasteiger partial charge in [-0.3, -0.25) is 14.4 Å². The predicted octanol–water partition coefficient (Wildman–Crippen LogP) is 3.30. The van der Waals surface area contributed by atoms with Crippen LogP contribution in [0.1, 0.15) is 33.8 Å². The maximum atomic E-state index is 13.3. The van der Waals surface area contributed by atoms with Gasteiger partial charge < -0.3 is 15.2 Å². The Hall–Kier alpha value is -3.58. The number of carbonyl (C=O) groups is 3. The van der Waals surface area contributed by atoms with Crippen LogP contribution < -0.4 is 10.0 Å². The number of fused-ring (bicyclic) bond motifs is 1. The van der Waals surface area contributed by atoms with E-state index in [0.29, 0.717) is 30.0 Å². The number of nitrogens with one attached hydrogen (secondary N) is 3. The van der Waals surface area contributed by atoms with Crippen molar-refractivity contribution in [1.82, 2.24) is 24.9 Å². The average molecular weight is 614 g/mol. The molecule has 0 spiro atoms. The summed E-state index contributed by atoms with van der Waals surface area (Å²) in [7, 11) is -3.83. The third-order valence-corrected chi connectivity index (χ3v) is 9.25. The number of hydrogen-bond acceptors (Lipinski definition) is 7. The molecule has 1 aliphatic rings. The number of rotatable bonds is 11. The molecule has 0 saturated carbocycles. The normalized spacial score (nSPS) is 16.6. The van der Waals surface area contributed by atoms with Crippen molar-refractivity contribution >= 4 is 61.5 Å². The third-order valence-electron chi connectivity index (χ3n) is 6.85. The van der Waals surface area contributed by atoms with Crippen LogP contribution in [0.2, 0.25) is 5.02 Å². The number of benzene rings is 2. The van der Waals surface area contributed by atoms with Crippen molar-refractivity contribution in [2.24, 2.45) is 0 Å². The number of amides is 2. The summed E-state index contributed by atoms with van der Waals surface area (Å²) in [6, 6.07) is 12.2. The second-order valence-corrected chi connectivity index (χ2v) is 12.9. The highest BCUT2D eigenvalue weighted by molar-refractivity contribution is 7.88. The van der Waals surface area contributed by atoms with Crippen LogP contribution in [-0.2, 0) is 31.8 Å². The molecule has 0 unspecified atom stereocenters. The molecule has 1 aliphatic heterocycles. The zero-order chi connectivity index (χ0) is 29.0. The minimum absolute atomic E-state index is 0.231. The first-order chi connectivity index (χ1) is 19.7. The molecule has 4 aromatic rings. The Morgan fingerprint density at radius 2 is 1.95 bits per heavy atom. The molecule has 0 aliphatic carbocycles. The summed E-state index contributed by atoms with van der Waals surface area (Å²) in [6.45, 7) is -0.00101. The summed E-state index contributed by atoms with van der Waals surface area (Å²) in [6.07, 6.45) is 4.42. The highest BCUT2D eigenvalue weighted by Crippen LogP contribution is 2.21. The van der Waals surface area contributed by atoms with E-state index in [9.17, 15) is 22.8 Å². The van der Waals surface area contributed by atoms with Gasteiger partial charge in [-0.25, -0.2) is 18.1 Å². The molecule has 41 heavy (non-hydrogen) atoms. The van der Waals surface area contributed by atoms with E-state index in [2.05, 4.69) is 20.0 Å². The van der Waals surface area contributed by atoms with Gasteiger partial charge in [0, 0.05) is 46.7 Å². The second-order valence-electron chi connectivity index (χ2n) is 9.84. The van der Waals surface area contributed by atoms with Crippen LogP contribution >= 0.6 is 22.9 Å². The number of ketones is 1. The highest BCUT2D eigenvalue weighted by Gasteiger charge is 2.34. The molecule has 2 amide bonds. The number of aromatic nitrogens is 2. The minimum Gasteiger partial charge on any atom is -0.361 e. The van der Waals surface area contributed by atoms with Gasteiger partial charge in [0.25, 0.3) is 0 Å². The van der Waals surface area contributed by atoms with E-state index in [1.54, 1.807) is 29.6 Å². The van der Waals surface area contributed by atoms with E-state index in [0.717, 1.165) is 16.5 Å². The van der Waals surface area contributed by atoms with Crippen LogP contribution in [0.25, 0.3) is 10.9 Å². The van der Waals surface area contributed by atoms with Crippen molar-refractivity contribution in [3.63, 3.8) is 0 Å². The predicted molar refractivity (Wildman–Crippen MR) is 157 cm³/mol.